The summed E-state index contributed by atoms with van der Waals surface area (Å²) in [6.07, 6.45) is 4.60. The maximum absolute atomic E-state index is 13.6. The fourth-order valence-electron chi connectivity index (χ4n) is 4.88. The van der Waals surface area contributed by atoms with Crippen molar-refractivity contribution in [3.05, 3.63) is 72.2 Å². The van der Waals surface area contributed by atoms with E-state index in [0.29, 0.717) is 55.7 Å². The third-order valence-electron chi connectivity index (χ3n) is 6.99. The lowest BCUT2D eigenvalue weighted by Crippen LogP contribution is -2.31. The molecule has 0 spiro atoms. The van der Waals surface area contributed by atoms with Gasteiger partial charge in [0.25, 0.3) is 10.0 Å². The van der Waals surface area contributed by atoms with Crippen molar-refractivity contribution in [2.24, 2.45) is 0 Å². The molecular weight excluding hydrogens is 516 g/mol. The normalized spacial score (nSPS) is 15.8. The number of benzene rings is 2. The van der Waals surface area contributed by atoms with E-state index in [-0.39, 0.29) is 10.8 Å². The first kappa shape index (κ1) is 26.6. The second-order valence-electron chi connectivity index (χ2n) is 9.75. The molecule has 0 radical (unpaired) electrons. The summed E-state index contributed by atoms with van der Waals surface area (Å²) in [5.74, 6) is 1.32. The highest BCUT2D eigenvalue weighted by Crippen LogP contribution is 2.33. The highest BCUT2D eigenvalue weighted by molar-refractivity contribution is 7.90. The summed E-state index contributed by atoms with van der Waals surface area (Å²) in [6.45, 7) is 1.75. The van der Waals surface area contributed by atoms with Gasteiger partial charge >= 0.3 is 0 Å². The van der Waals surface area contributed by atoms with E-state index in [1.165, 1.54) is 10.3 Å². The minimum absolute atomic E-state index is 0.0643. The maximum atomic E-state index is 13.6. The minimum atomic E-state index is -3.90. The molecule has 1 aliphatic heterocycles. The summed E-state index contributed by atoms with van der Waals surface area (Å²) in [7, 11) is 1.51. The molecule has 5 rings (SSSR count). The number of hydrogen-bond acceptors (Lipinski definition) is 8. The fraction of sp³-hybridized carbons (Fsp3) is 0.321. The van der Waals surface area contributed by atoms with Crippen LogP contribution in [0.2, 0.25) is 0 Å². The summed E-state index contributed by atoms with van der Waals surface area (Å²) in [5, 5.41) is 4.03. The molecule has 4 aromatic rings. The molecule has 2 bridgehead atoms. The van der Waals surface area contributed by atoms with Crippen LogP contribution in [0.25, 0.3) is 11.0 Å². The van der Waals surface area contributed by atoms with Crippen molar-refractivity contribution in [2.75, 3.05) is 39.6 Å². The van der Waals surface area contributed by atoms with Crippen LogP contribution in [0.4, 0.5) is 11.5 Å². The number of fused-ring (bicyclic) bond motifs is 2. The van der Waals surface area contributed by atoms with Crippen molar-refractivity contribution in [3.8, 4) is 5.75 Å². The van der Waals surface area contributed by atoms with Gasteiger partial charge in [-0.3, -0.25) is 4.79 Å². The lowest BCUT2D eigenvalue weighted by molar-refractivity contribution is -0.130. The number of ether oxygens (including phenoxy) is 1. The Morgan fingerprint density at radius 3 is 2.54 bits per heavy atom. The lowest BCUT2D eigenvalue weighted by atomic mass is 10.1. The minimum Gasteiger partial charge on any atom is -0.496 e. The summed E-state index contributed by atoms with van der Waals surface area (Å²) >= 11 is 0. The number of carbonyl (C=O) groups excluding carboxylic acids is 1. The SMILES string of the molecule is COc1ccc2cc1CN(C)CCC(=O)N(C)CCCc1cn(S(=O)(=O)c3ccccc3)c3ncnc(c13)N2. The van der Waals surface area contributed by atoms with Crippen LogP contribution in [0, 0.1) is 0 Å². The second kappa shape index (κ2) is 11.0. The molecule has 1 aliphatic rings. The van der Waals surface area contributed by atoms with E-state index in [1.807, 2.05) is 25.2 Å². The van der Waals surface area contributed by atoms with Crippen LogP contribution in [-0.2, 0) is 27.8 Å². The topological polar surface area (TPSA) is 110 Å². The number of aryl methyl sites for hydroxylation is 1. The van der Waals surface area contributed by atoms with Crippen LogP contribution >= 0.6 is 0 Å². The molecule has 1 N–H and O–H groups in total. The number of rotatable bonds is 3. The van der Waals surface area contributed by atoms with Gasteiger partial charge in [-0.2, -0.15) is 0 Å². The van der Waals surface area contributed by atoms with Crippen LogP contribution in [0.3, 0.4) is 0 Å². The first-order chi connectivity index (χ1) is 18.8. The number of carbonyl (C=O) groups is 1. The molecule has 204 valence electrons. The fourth-order valence-corrected chi connectivity index (χ4v) is 6.24. The van der Waals surface area contributed by atoms with Crippen LogP contribution in [0.15, 0.2) is 66.0 Å². The lowest BCUT2D eigenvalue weighted by Gasteiger charge is -2.22. The molecule has 0 aliphatic carbocycles. The van der Waals surface area contributed by atoms with E-state index in [1.54, 1.807) is 55.6 Å². The van der Waals surface area contributed by atoms with E-state index in [0.717, 1.165) is 22.6 Å². The van der Waals surface area contributed by atoms with Gasteiger partial charge < -0.3 is 19.9 Å². The maximum Gasteiger partial charge on any atom is 0.269 e. The first-order valence-corrected chi connectivity index (χ1v) is 14.2. The quantitative estimate of drug-likeness (QED) is 0.413. The van der Waals surface area contributed by atoms with Gasteiger partial charge in [0, 0.05) is 50.6 Å². The van der Waals surface area contributed by atoms with Crippen molar-refractivity contribution in [2.45, 2.75) is 30.7 Å². The van der Waals surface area contributed by atoms with Gasteiger partial charge in [-0.25, -0.2) is 22.4 Å². The van der Waals surface area contributed by atoms with Crippen molar-refractivity contribution >= 4 is 38.5 Å². The first-order valence-electron chi connectivity index (χ1n) is 12.8. The van der Waals surface area contributed by atoms with E-state index < -0.39 is 10.0 Å². The van der Waals surface area contributed by atoms with E-state index in [2.05, 4.69) is 20.2 Å². The zero-order valence-electron chi connectivity index (χ0n) is 22.3. The second-order valence-corrected chi connectivity index (χ2v) is 11.6. The van der Waals surface area contributed by atoms with Crippen LogP contribution in [-0.4, -0.2) is 72.4 Å². The average Bonchev–Trinajstić information content (AvgIpc) is 3.32. The van der Waals surface area contributed by atoms with Gasteiger partial charge in [0.15, 0.2) is 5.65 Å². The number of methoxy groups -OCH3 is 1. The van der Waals surface area contributed by atoms with Gasteiger partial charge in [0.05, 0.1) is 17.4 Å². The van der Waals surface area contributed by atoms with Crippen molar-refractivity contribution < 1.29 is 17.9 Å². The van der Waals surface area contributed by atoms with Gasteiger partial charge in [-0.15, -0.1) is 0 Å². The number of hydrogen-bond donors (Lipinski definition) is 1. The summed E-state index contributed by atoms with van der Waals surface area (Å²) in [5.41, 5.74) is 2.82. The standard InChI is InChI=1S/C28H32N6O4S/c1-32-15-13-25(35)33(2)14-7-8-20-18-34(39(36,37)23-9-5-4-6-10-23)28-26(20)27(29-19-30-28)31-22-11-12-24(38-3)21(16-22)17-32/h4-6,9-12,16,18-19H,7-8,13-15,17H2,1-3H3,(H,29,30,31). The largest absolute Gasteiger partial charge is 0.496 e. The Labute approximate surface area is 228 Å². The molecule has 0 saturated carbocycles. The van der Waals surface area contributed by atoms with Gasteiger partial charge in [-0.1, -0.05) is 18.2 Å². The number of aromatic nitrogens is 3. The Morgan fingerprint density at radius 1 is 0.974 bits per heavy atom. The van der Waals surface area contributed by atoms with Gasteiger partial charge in [0.2, 0.25) is 5.91 Å². The van der Waals surface area contributed by atoms with Gasteiger partial charge in [0.1, 0.15) is 17.9 Å². The monoisotopic (exact) mass is 548 g/mol. The van der Waals surface area contributed by atoms with Crippen molar-refractivity contribution in [3.63, 3.8) is 0 Å². The van der Waals surface area contributed by atoms with Crippen molar-refractivity contribution in [1.82, 2.24) is 23.7 Å². The van der Waals surface area contributed by atoms with Crippen LogP contribution in [0.5, 0.6) is 5.75 Å². The van der Waals surface area contributed by atoms with Crippen molar-refractivity contribution in [1.29, 1.82) is 0 Å². The Hall–Kier alpha value is -3.96. The molecular formula is C28H32N6O4S. The molecule has 2 aromatic carbocycles. The van der Waals surface area contributed by atoms with E-state index in [9.17, 15) is 13.2 Å². The molecule has 10 nitrogen and oxygen atoms in total. The molecule has 0 saturated heterocycles. The molecule has 3 heterocycles. The van der Waals surface area contributed by atoms with Crippen LogP contribution < -0.4 is 10.1 Å². The van der Waals surface area contributed by atoms with E-state index >= 15 is 0 Å². The third-order valence-corrected chi connectivity index (χ3v) is 8.65. The predicted octanol–water partition coefficient (Wildman–Crippen LogP) is 3.65. The molecule has 0 unspecified atom stereocenters. The average molecular weight is 549 g/mol. The van der Waals surface area contributed by atoms with Crippen LogP contribution in [0.1, 0.15) is 24.0 Å². The highest BCUT2D eigenvalue weighted by Gasteiger charge is 2.24. The summed E-state index contributed by atoms with van der Waals surface area (Å²) < 4.78 is 34.1. The summed E-state index contributed by atoms with van der Waals surface area (Å²) in [4.78, 5) is 25.7. The van der Waals surface area contributed by atoms with E-state index in [4.69, 9.17) is 4.74 Å². The Balaban J connectivity index is 1.65. The Kier molecular flexibility index (Phi) is 7.53. The molecule has 1 amide bonds. The molecule has 0 atom stereocenters. The molecule has 0 fully saturated rings. The highest BCUT2D eigenvalue weighted by atomic mass is 32.2. The zero-order valence-corrected chi connectivity index (χ0v) is 23.1. The number of nitrogens with one attached hydrogen (secondary N) is 1. The predicted molar refractivity (Wildman–Crippen MR) is 150 cm³/mol. The molecule has 39 heavy (non-hydrogen) atoms. The number of amides is 1. The number of nitrogens with zero attached hydrogens (tertiary/aromatic N) is 5. The third kappa shape index (κ3) is 5.45. The molecule has 2 aromatic heterocycles. The summed E-state index contributed by atoms with van der Waals surface area (Å²) in [6, 6.07) is 14.1. The molecule has 11 heteroatoms. The Morgan fingerprint density at radius 2 is 1.77 bits per heavy atom. The van der Waals surface area contributed by atoms with Gasteiger partial charge in [-0.05, 0) is 55.8 Å². The Bertz CT molecular complexity index is 1600. The smallest absolute Gasteiger partial charge is 0.269 e. The zero-order chi connectivity index (χ0) is 27.6. The number of anilines is 2.